The van der Waals surface area contributed by atoms with Crippen LogP contribution in [-0.4, -0.2) is 37.2 Å². The minimum atomic E-state index is -0.0914. The minimum Gasteiger partial charge on any atom is -0.489 e. The highest BCUT2D eigenvalue weighted by atomic mass is 16.5. The predicted octanol–water partition coefficient (Wildman–Crippen LogP) is 3.38. The van der Waals surface area contributed by atoms with Crippen LogP contribution in [-0.2, 0) is 11.3 Å². The molecule has 1 saturated heterocycles. The van der Waals surface area contributed by atoms with Crippen molar-refractivity contribution in [3.05, 3.63) is 60.2 Å². The van der Waals surface area contributed by atoms with Crippen LogP contribution < -0.4 is 10.1 Å². The third kappa shape index (κ3) is 4.47. The Morgan fingerprint density at radius 2 is 1.78 bits per heavy atom. The molecule has 0 spiro atoms. The third-order valence-electron chi connectivity index (χ3n) is 3.65. The molecule has 23 heavy (non-hydrogen) atoms. The molecule has 0 radical (unpaired) electrons. The van der Waals surface area contributed by atoms with Crippen molar-refractivity contribution in [2.24, 2.45) is 0 Å². The van der Waals surface area contributed by atoms with Gasteiger partial charge < -0.3 is 19.7 Å². The fourth-order valence-corrected chi connectivity index (χ4v) is 2.34. The summed E-state index contributed by atoms with van der Waals surface area (Å²) < 4.78 is 11.0. The molecule has 0 saturated carbocycles. The van der Waals surface area contributed by atoms with E-state index < -0.39 is 0 Å². The topological polar surface area (TPSA) is 50.8 Å². The van der Waals surface area contributed by atoms with Crippen molar-refractivity contribution in [1.29, 1.82) is 0 Å². The number of nitrogens with one attached hydrogen (secondary N) is 1. The highest BCUT2D eigenvalue weighted by molar-refractivity contribution is 5.89. The van der Waals surface area contributed by atoms with Gasteiger partial charge in [0.15, 0.2) is 0 Å². The maximum Gasteiger partial charge on any atom is 0.321 e. The van der Waals surface area contributed by atoms with Crippen molar-refractivity contribution in [2.75, 3.05) is 31.6 Å². The lowest BCUT2D eigenvalue weighted by Gasteiger charge is -2.26. The lowest BCUT2D eigenvalue weighted by Crippen LogP contribution is -2.43. The number of carbonyl (C=O) groups is 1. The van der Waals surface area contributed by atoms with Gasteiger partial charge in [0.25, 0.3) is 0 Å². The molecule has 0 aliphatic carbocycles. The van der Waals surface area contributed by atoms with Crippen LogP contribution in [0.15, 0.2) is 54.6 Å². The monoisotopic (exact) mass is 314 g/mol. The van der Waals surface area contributed by atoms with Crippen molar-refractivity contribution >= 4 is 11.7 Å². The molecule has 0 unspecified atom stereocenters. The summed E-state index contributed by atoms with van der Waals surface area (Å²) in [6, 6.07) is 17.3. The summed E-state index contributed by atoms with van der Waals surface area (Å²) in [5, 5.41) is 2.89. The van der Waals surface area contributed by atoms with E-state index in [0.717, 1.165) is 17.0 Å². The van der Waals surface area contributed by atoms with Crippen molar-refractivity contribution in [3.63, 3.8) is 0 Å². The van der Waals surface area contributed by atoms with Gasteiger partial charge in [-0.2, -0.15) is 0 Å². The largest absolute Gasteiger partial charge is 0.489 e. The second-order valence-electron chi connectivity index (χ2n) is 5.33. The average molecular weight is 314 g/mol. The number of rotatable bonds is 4. The summed E-state index contributed by atoms with van der Waals surface area (Å²) in [5.41, 5.74) is 1.88. The zero-order valence-corrected chi connectivity index (χ0v) is 12.9. The van der Waals surface area contributed by atoms with E-state index in [-0.39, 0.29) is 7.46 Å². The van der Waals surface area contributed by atoms with Crippen molar-refractivity contribution in [1.82, 2.24) is 4.90 Å². The van der Waals surface area contributed by atoms with E-state index >= 15 is 0 Å². The zero-order chi connectivity index (χ0) is 15.9. The van der Waals surface area contributed by atoms with Crippen LogP contribution in [0, 0.1) is 0 Å². The van der Waals surface area contributed by atoms with Gasteiger partial charge in [-0.25, -0.2) is 4.79 Å². The first-order chi connectivity index (χ1) is 11.3. The van der Waals surface area contributed by atoms with E-state index in [1.807, 2.05) is 54.6 Å². The SMILES string of the molecule is O=C(Nc1ccc(OCc2ccccc2)cc1)N1CCOCC1.[HH]. The smallest absolute Gasteiger partial charge is 0.321 e. The van der Waals surface area contributed by atoms with E-state index in [1.54, 1.807) is 4.90 Å². The number of anilines is 1. The van der Waals surface area contributed by atoms with Crippen LogP contribution in [0.5, 0.6) is 5.75 Å². The van der Waals surface area contributed by atoms with Gasteiger partial charge in [-0.05, 0) is 29.8 Å². The quantitative estimate of drug-likeness (QED) is 0.941. The molecule has 1 heterocycles. The molecule has 5 nitrogen and oxygen atoms in total. The highest BCUT2D eigenvalue weighted by Gasteiger charge is 2.16. The molecule has 122 valence electrons. The van der Waals surface area contributed by atoms with Crippen LogP contribution in [0.25, 0.3) is 0 Å². The third-order valence-corrected chi connectivity index (χ3v) is 3.65. The normalized spacial score (nSPS) is 14.3. The number of hydrogen-bond acceptors (Lipinski definition) is 3. The number of nitrogens with zero attached hydrogens (tertiary/aromatic N) is 1. The Morgan fingerprint density at radius 3 is 2.48 bits per heavy atom. The van der Waals surface area contributed by atoms with Crippen molar-refractivity contribution < 1.29 is 15.7 Å². The molecule has 1 fully saturated rings. The molecule has 2 aromatic carbocycles. The van der Waals surface area contributed by atoms with Gasteiger partial charge in [0, 0.05) is 20.2 Å². The first kappa shape index (κ1) is 15.4. The fourth-order valence-electron chi connectivity index (χ4n) is 2.34. The van der Waals surface area contributed by atoms with E-state index in [1.165, 1.54) is 0 Å². The fraction of sp³-hybridized carbons (Fsp3) is 0.278. The number of benzene rings is 2. The van der Waals surface area contributed by atoms with Crippen LogP contribution in [0.1, 0.15) is 6.99 Å². The second kappa shape index (κ2) is 7.65. The molecular weight excluding hydrogens is 292 g/mol. The Balaban J connectivity index is 0.00000208. The number of amides is 2. The number of ether oxygens (including phenoxy) is 2. The zero-order valence-electron chi connectivity index (χ0n) is 12.9. The van der Waals surface area contributed by atoms with Gasteiger partial charge in [0.05, 0.1) is 13.2 Å². The molecule has 3 rings (SSSR count). The van der Waals surface area contributed by atoms with Crippen LogP contribution >= 0.6 is 0 Å². The minimum absolute atomic E-state index is 0. The van der Waals surface area contributed by atoms with Crippen molar-refractivity contribution in [3.8, 4) is 5.75 Å². The summed E-state index contributed by atoms with van der Waals surface area (Å²) in [6.07, 6.45) is 0. The van der Waals surface area contributed by atoms with Gasteiger partial charge in [-0.3, -0.25) is 0 Å². The van der Waals surface area contributed by atoms with E-state index in [0.29, 0.717) is 32.9 Å². The van der Waals surface area contributed by atoms with Gasteiger partial charge in [-0.1, -0.05) is 30.3 Å². The molecular formula is C18H22N2O3. The van der Waals surface area contributed by atoms with E-state index in [4.69, 9.17) is 9.47 Å². The number of hydrogen-bond donors (Lipinski definition) is 1. The van der Waals surface area contributed by atoms with Gasteiger partial charge in [0.1, 0.15) is 12.4 Å². The van der Waals surface area contributed by atoms with Crippen LogP contribution in [0.3, 0.4) is 0 Å². The average Bonchev–Trinajstić information content (AvgIpc) is 2.63. The maximum absolute atomic E-state index is 12.1. The van der Waals surface area contributed by atoms with Gasteiger partial charge >= 0.3 is 6.03 Å². The highest BCUT2D eigenvalue weighted by Crippen LogP contribution is 2.17. The molecule has 5 heteroatoms. The Kier molecular flexibility index (Phi) is 5.11. The van der Waals surface area contributed by atoms with Crippen molar-refractivity contribution in [2.45, 2.75) is 6.61 Å². The molecule has 2 amide bonds. The summed E-state index contributed by atoms with van der Waals surface area (Å²) in [5.74, 6) is 0.776. The van der Waals surface area contributed by atoms with Gasteiger partial charge in [-0.15, -0.1) is 0 Å². The van der Waals surface area contributed by atoms with E-state index in [2.05, 4.69) is 5.32 Å². The Labute approximate surface area is 137 Å². The number of morpholine rings is 1. The number of carbonyl (C=O) groups excluding carboxylic acids is 1. The molecule has 0 aromatic heterocycles. The molecule has 1 aliphatic rings. The lowest BCUT2D eigenvalue weighted by atomic mass is 10.2. The predicted molar refractivity (Wildman–Crippen MR) is 90.7 cm³/mol. The molecule has 0 bridgehead atoms. The maximum atomic E-state index is 12.1. The Bertz CT molecular complexity index is 628. The first-order valence-electron chi connectivity index (χ1n) is 7.72. The van der Waals surface area contributed by atoms with Crippen LogP contribution in [0.2, 0.25) is 0 Å². The molecule has 0 atom stereocenters. The Morgan fingerprint density at radius 1 is 1.09 bits per heavy atom. The lowest BCUT2D eigenvalue weighted by molar-refractivity contribution is 0.0564. The summed E-state index contributed by atoms with van der Waals surface area (Å²) in [4.78, 5) is 13.8. The van der Waals surface area contributed by atoms with Gasteiger partial charge in [0.2, 0.25) is 0 Å². The van der Waals surface area contributed by atoms with Crippen LogP contribution in [0.4, 0.5) is 10.5 Å². The second-order valence-corrected chi connectivity index (χ2v) is 5.33. The Hall–Kier alpha value is -2.53. The summed E-state index contributed by atoms with van der Waals surface area (Å²) in [6.45, 7) is 2.98. The molecule has 1 aliphatic heterocycles. The summed E-state index contributed by atoms with van der Waals surface area (Å²) in [7, 11) is 0. The molecule has 2 aromatic rings. The van der Waals surface area contributed by atoms with E-state index in [9.17, 15) is 4.79 Å². The summed E-state index contributed by atoms with van der Waals surface area (Å²) >= 11 is 0. The molecule has 1 N–H and O–H groups in total. The number of urea groups is 1. The first-order valence-corrected chi connectivity index (χ1v) is 7.72. The standard InChI is InChI=1S/C18H20N2O3.H2/c21-18(20-10-12-22-13-11-20)19-16-6-8-17(9-7-16)23-14-15-4-2-1-3-5-15;/h1-9H,10-14H2,(H,19,21);1H.